The van der Waals surface area contributed by atoms with Crippen LogP contribution in [0.2, 0.25) is 0 Å². The third-order valence-corrected chi connectivity index (χ3v) is 0. The molecule has 0 saturated carbocycles. The van der Waals surface area contributed by atoms with Crippen molar-refractivity contribution >= 4 is 20.8 Å². The minimum absolute atomic E-state index is 0. The first-order valence-corrected chi connectivity index (χ1v) is 4.00. The molecule has 0 aliphatic heterocycles. The minimum Gasteiger partial charge on any atom is -0.759 e. The fourth-order valence-electron chi connectivity index (χ4n) is 0. The third kappa shape index (κ3) is 39200. The van der Waals surface area contributed by atoms with Gasteiger partial charge in [0.15, 0.2) is 0 Å². The van der Waals surface area contributed by atoms with Gasteiger partial charge in [-0.25, -0.2) is 0 Å². The Kier molecular flexibility index (Phi) is 23.1. The van der Waals surface area contributed by atoms with E-state index >= 15 is 0 Å². The van der Waals surface area contributed by atoms with Crippen molar-refractivity contribution < 1.29 is 52.1 Å². The Morgan fingerprint density at radius 2 is 0.692 bits per heavy atom. The summed E-state index contributed by atoms with van der Waals surface area (Å²) in [5.41, 5.74) is 0. The number of hydrogen-bond donors (Lipinski definition) is 2. The molecule has 0 heterocycles. The van der Waals surface area contributed by atoms with Crippen molar-refractivity contribution in [1.82, 2.24) is 12.3 Å². The van der Waals surface area contributed by atoms with E-state index in [0.29, 0.717) is 0 Å². The van der Waals surface area contributed by atoms with Crippen LogP contribution in [-0.4, -0.2) is 35.0 Å². The van der Waals surface area contributed by atoms with E-state index in [4.69, 9.17) is 35.0 Å². The molecule has 0 aromatic heterocycles. The normalized spacial score (nSPS) is 8.92. The standard InChI is InChI=1S/Cu.2H3N.2H2O4S/c;;;2*1-5(2,3)4/h;2*1H3;2*(H2,1,2,3,4)/p-3. The van der Waals surface area contributed by atoms with Gasteiger partial charge < -0.3 is 30.5 Å². The summed E-state index contributed by atoms with van der Waals surface area (Å²) in [7, 11) is -10.3. The average Bonchev–Trinajstić information content (AvgIpc) is 1.12. The molecule has 0 amide bonds. The molecule has 0 bridgehead atoms. The molecule has 0 saturated heterocycles. The molecule has 0 spiro atoms. The van der Waals surface area contributed by atoms with E-state index in [9.17, 15) is 0 Å². The summed E-state index contributed by atoms with van der Waals surface area (Å²) in [6, 6.07) is 0. The summed E-state index contributed by atoms with van der Waals surface area (Å²) in [6.45, 7) is 0. The average molecular weight is 291 g/mol. The molecule has 1 radical (unpaired) electrons. The Balaban J connectivity index is -0.0000000267. The predicted octanol–water partition coefficient (Wildman–Crippen LogP) is -2.14. The first kappa shape index (κ1) is 29.2. The largest absolute Gasteiger partial charge is 0.759 e. The molecule has 13 heteroatoms. The summed E-state index contributed by atoms with van der Waals surface area (Å²) in [6.07, 6.45) is 0. The number of hydrogen-bond acceptors (Lipinski definition) is 9. The molecule has 0 aliphatic carbocycles. The van der Waals surface area contributed by atoms with Crippen LogP contribution < -0.4 is 12.3 Å². The fraction of sp³-hybridized carbons (Fsp3) is 0. The second kappa shape index (κ2) is 10.3. The Morgan fingerprint density at radius 1 is 0.692 bits per heavy atom. The van der Waals surface area contributed by atoms with Crippen LogP contribution in [-0.2, 0) is 37.9 Å². The van der Waals surface area contributed by atoms with E-state index in [2.05, 4.69) is 0 Å². The molecule has 0 unspecified atom stereocenters. The van der Waals surface area contributed by atoms with E-state index in [-0.39, 0.29) is 29.4 Å². The molecule has 0 fully saturated rings. The van der Waals surface area contributed by atoms with E-state index in [0.717, 1.165) is 0 Å². The SMILES string of the molecule is N.O=S(=O)([O-])[O-].O=S(=O)([O-])[O-].[Cu].[NH4+]. The maximum atomic E-state index is 8.52. The Hall–Kier alpha value is 0.179. The summed E-state index contributed by atoms with van der Waals surface area (Å²) >= 11 is 0. The van der Waals surface area contributed by atoms with E-state index in [1.807, 2.05) is 0 Å². The van der Waals surface area contributed by atoms with Crippen LogP contribution in [0.1, 0.15) is 0 Å². The van der Waals surface area contributed by atoms with Gasteiger partial charge in [0, 0.05) is 37.9 Å². The summed E-state index contributed by atoms with van der Waals surface area (Å²) in [4.78, 5) is 0. The van der Waals surface area contributed by atoms with E-state index < -0.39 is 20.8 Å². The van der Waals surface area contributed by atoms with Crippen molar-refractivity contribution in [2.45, 2.75) is 0 Å². The Labute approximate surface area is 85.5 Å². The topological polar surface area (TPSA) is 232 Å². The van der Waals surface area contributed by atoms with Crippen LogP contribution in [0.3, 0.4) is 0 Å². The molecule has 0 aliphatic rings. The fourth-order valence-corrected chi connectivity index (χ4v) is 0. The molecule has 0 aromatic rings. The van der Waals surface area contributed by atoms with Crippen molar-refractivity contribution in [1.29, 1.82) is 0 Å². The molecule has 13 heavy (non-hydrogen) atoms. The van der Waals surface area contributed by atoms with Gasteiger partial charge in [0.05, 0.1) is 0 Å². The summed E-state index contributed by atoms with van der Waals surface area (Å²) in [5.74, 6) is 0. The van der Waals surface area contributed by atoms with Crippen LogP contribution in [0.5, 0.6) is 0 Å². The second-order valence-corrected chi connectivity index (χ2v) is 2.45. The van der Waals surface area contributed by atoms with E-state index in [1.54, 1.807) is 0 Å². The molecular formula is H7CuN2O8S2-3. The monoisotopic (exact) mass is 290 g/mol. The van der Waals surface area contributed by atoms with Gasteiger partial charge in [0.2, 0.25) is 0 Å². The second-order valence-electron chi connectivity index (χ2n) is 0.816. The van der Waals surface area contributed by atoms with Crippen LogP contribution in [0.4, 0.5) is 0 Å². The molecular weight excluding hydrogens is 284 g/mol. The van der Waals surface area contributed by atoms with Gasteiger partial charge in [0.1, 0.15) is 0 Å². The Morgan fingerprint density at radius 3 is 0.692 bits per heavy atom. The van der Waals surface area contributed by atoms with Crippen LogP contribution >= 0.6 is 0 Å². The van der Waals surface area contributed by atoms with Crippen molar-refractivity contribution in [2.75, 3.05) is 0 Å². The van der Waals surface area contributed by atoms with Gasteiger partial charge >= 0.3 is 0 Å². The maximum absolute atomic E-state index is 8.52. The van der Waals surface area contributed by atoms with Crippen LogP contribution in [0.15, 0.2) is 0 Å². The molecule has 7 N–H and O–H groups in total. The minimum atomic E-state index is -5.17. The van der Waals surface area contributed by atoms with Crippen molar-refractivity contribution in [3.8, 4) is 0 Å². The van der Waals surface area contributed by atoms with Gasteiger partial charge in [-0.15, -0.1) is 0 Å². The maximum Gasteiger partial charge on any atom is 0.0311 e. The molecule has 0 rings (SSSR count). The van der Waals surface area contributed by atoms with Crippen molar-refractivity contribution in [3.63, 3.8) is 0 Å². The quantitative estimate of drug-likeness (QED) is 0.281. The summed E-state index contributed by atoms with van der Waals surface area (Å²) in [5, 5.41) is 0. The number of quaternary nitrogens is 1. The first-order valence-electron chi connectivity index (χ1n) is 1.33. The first-order chi connectivity index (χ1) is 4.00. The zero-order chi connectivity index (χ0) is 9.00. The molecule has 91 valence electrons. The van der Waals surface area contributed by atoms with Gasteiger partial charge in [-0.2, -0.15) is 0 Å². The molecule has 10 nitrogen and oxygen atoms in total. The number of rotatable bonds is 0. The third-order valence-electron chi connectivity index (χ3n) is 0. The van der Waals surface area contributed by atoms with Gasteiger partial charge in [-0.3, -0.25) is 16.8 Å². The molecule has 0 atom stereocenters. The smallest absolute Gasteiger partial charge is 0.0311 e. The van der Waals surface area contributed by atoms with Crippen LogP contribution in [0, 0.1) is 0 Å². The zero-order valence-electron chi connectivity index (χ0n) is 6.09. The van der Waals surface area contributed by atoms with E-state index in [1.165, 1.54) is 0 Å². The van der Waals surface area contributed by atoms with Gasteiger partial charge in [-0.1, -0.05) is 0 Å². The van der Waals surface area contributed by atoms with Crippen molar-refractivity contribution in [2.24, 2.45) is 0 Å². The van der Waals surface area contributed by atoms with Gasteiger partial charge in [-0.05, 0) is 0 Å². The van der Waals surface area contributed by atoms with Crippen molar-refractivity contribution in [3.05, 3.63) is 0 Å². The zero-order valence-corrected chi connectivity index (χ0v) is 8.67. The van der Waals surface area contributed by atoms with Crippen LogP contribution in [0.25, 0.3) is 0 Å². The molecule has 0 aromatic carbocycles. The summed E-state index contributed by atoms with van der Waals surface area (Å²) < 4.78 is 68.2. The Bertz CT molecular complexity index is 217. The van der Waals surface area contributed by atoms with Gasteiger partial charge in [0.25, 0.3) is 0 Å². The predicted molar refractivity (Wildman–Crippen MR) is 32.0 cm³/mol.